The molecular formula is C27H23ClN2O5S. The van der Waals surface area contributed by atoms with Gasteiger partial charge in [0.1, 0.15) is 16.2 Å². The van der Waals surface area contributed by atoms with Crippen LogP contribution in [-0.2, 0) is 14.8 Å². The first-order valence-electron chi connectivity index (χ1n) is 11.0. The molecule has 1 amide bonds. The molecule has 7 nitrogen and oxygen atoms in total. The van der Waals surface area contributed by atoms with E-state index in [4.69, 9.17) is 16.3 Å². The molecule has 1 heterocycles. The molecule has 9 heteroatoms. The molecule has 1 aliphatic rings. The van der Waals surface area contributed by atoms with Crippen molar-refractivity contribution in [1.82, 2.24) is 9.71 Å². The van der Waals surface area contributed by atoms with Gasteiger partial charge in [0, 0.05) is 17.0 Å². The van der Waals surface area contributed by atoms with Crippen LogP contribution in [0.4, 0.5) is 0 Å². The number of sulfonamides is 1. The molecule has 0 unspecified atom stereocenters. The minimum atomic E-state index is -4.40. The van der Waals surface area contributed by atoms with E-state index in [0.29, 0.717) is 16.5 Å². The molecule has 1 aliphatic carbocycles. The second-order valence-electron chi connectivity index (χ2n) is 8.41. The quantitative estimate of drug-likeness (QED) is 0.452. The zero-order chi connectivity index (χ0) is 26.0. The lowest BCUT2D eigenvalue weighted by atomic mass is 10.1. The summed E-state index contributed by atoms with van der Waals surface area (Å²) in [5, 5.41) is 0.559. The molecule has 0 saturated carbocycles. The van der Waals surface area contributed by atoms with Crippen molar-refractivity contribution in [2.45, 2.75) is 27.2 Å². The van der Waals surface area contributed by atoms with Crippen LogP contribution in [-0.4, -0.2) is 25.1 Å². The smallest absolute Gasteiger partial charge is 0.270 e. The first-order valence-corrected chi connectivity index (χ1v) is 12.9. The van der Waals surface area contributed by atoms with Crippen LogP contribution in [0, 0.1) is 20.8 Å². The minimum absolute atomic E-state index is 0.0569. The van der Waals surface area contributed by atoms with Crippen LogP contribution >= 0.6 is 11.6 Å². The van der Waals surface area contributed by atoms with Gasteiger partial charge in [0.25, 0.3) is 15.9 Å². The summed E-state index contributed by atoms with van der Waals surface area (Å²) in [4.78, 5) is 29.3. The predicted octanol–water partition coefficient (Wildman–Crippen LogP) is 5.59. The first-order chi connectivity index (χ1) is 17.0. The Labute approximate surface area is 214 Å². The number of allylic oxidation sites excluding steroid dienone is 4. The molecule has 3 aromatic rings. The Morgan fingerprint density at radius 3 is 2.33 bits per heavy atom. The number of ether oxygens (including phenoxy) is 1. The molecule has 36 heavy (non-hydrogen) atoms. The third-order valence-corrected chi connectivity index (χ3v) is 7.18. The highest BCUT2D eigenvalue weighted by atomic mass is 35.5. The van der Waals surface area contributed by atoms with E-state index >= 15 is 0 Å². The number of hydrogen-bond donors (Lipinski definition) is 1. The maximum Gasteiger partial charge on any atom is 0.270 e. The van der Waals surface area contributed by atoms with E-state index in [-0.39, 0.29) is 17.9 Å². The van der Waals surface area contributed by atoms with Gasteiger partial charge in [-0.2, -0.15) is 0 Å². The number of Topliss-reactive ketones (excluding diaryl/α,β-unsaturated/α-hetero) is 1. The number of nitrogens with one attached hydrogen (secondary N) is 1. The van der Waals surface area contributed by atoms with E-state index in [1.165, 1.54) is 18.2 Å². The van der Waals surface area contributed by atoms with Crippen LogP contribution in [0.25, 0.3) is 11.3 Å². The zero-order valence-electron chi connectivity index (χ0n) is 19.8. The monoisotopic (exact) mass is 522 g/mol. The van der Waals surface area contributed by atoms with E-state index in [9.17, 15) is 18.0 Å². The first kappa shape index (κ1) is 25.3. The van der Waals surface area contributed by atoms with Gasteiger partial charge < -0.3 is 4.74 Å². The van der Waals surface area contributed by atoms with Crippen LogP contribution in [0.15, 0.2) is 71.7 Å². The van der Waals surface area contributed by atoms with Crippen LogP contribution in [0.2, 0.25) is 5.02 Å². The van der Waals surface area contributed by atoms with Crippen LogP contribution in [0.3, 0.4) is 0 Å². The third-order valence-electron chi connectivity index (χ3n) is 5.53. The van der Waals surface area contributed by atoms with E-state index < -0.39 is 26.6 Å². The highest BCUT2D eigenvalue weighted by molar-refractivity contribution is 7.95. The second kappa shape index (κ2) is 10.1. The Hall–Kier alpha value is -3.75. The van der Waals surface area contributed by atoms with Gasteiger partial charge in [0.2, 0.25) is 5.88 Å². The van der Waals surface area contributed by atoms with Gasteiger partial charge in [-0.3, -0.25) is 9.59 Å². The molecule has 1 N–H and O–H groups in total. The number of rotatable bonds is 6. The van der Waals surface area contributed by atoms with Crippen molar-refractivity contribution in [2.75, 3.05) is 0 Å². The average Bonchev–Trinajstić information content (AvgIpc) is 2.81. The maximum absolute atomic E-state index is 13.2. The second-order valence-corrected chi connectivity index (χ2v) is 10.5. The van der Waals surface area contributed by atoms with Crippen molar-refractivity contribution in [2.24, 2.45) is 0 Å². The summed E-state index contributed by atoms with van der Waals surface area (Å²) < 4.78 is 33.7. The van der Waals surface area contributed by atoms with Gasteiger partial charge in [-0.15, -0.1) is 0 Å². The zero-order valence-corrected chi connectivity index (χ0v) is 21.4. The Bertz CT molecular complexity index is 1520. The number of halogens is 1. The van der Waals surface area contributed by atoms with Crippen molar-refractivity contribution in [3.05, 3.63) is 98.9 Å². The summed E-state index contributed by atoms with van der Waals surface area (Å²) in [5.41, 5.74) is 3.83. The van der Waals surface area contributed by atoms with E-state index in [1.54, 1.807) is 36.4 Å². The van der Waals surface area contributed by atoms with Crippen molar-refractivity contribution in [3.8, 4) is 22.9 Å². The minimum Gasteiger partial charge on any atom is -0.438 e. The van der Waals surface area contributed by atoms with Gasteiger partial charge >= 0.3 is 0 Å². The van der Waals surface area contributed by atoms with E-state index in [0.717, 1.165) is 22.3 Å². The molecule has 0 radical (unpaired) electrons. The Balaban J connectivity index is 1.77. The lowest BCUT2D eigenvalue weighted by Crippen LogP contribution is -2.34. The number of hydrogen-bond acceptors (Lipinski definition) is 6. The molecule has 2 aromatic carbocycles. The largest absolute Gasteiger partial charge is 0.438 e. The van der Waals surface area contributed by atoms with E-state index in [2.05, 4.69) is 4.98 Å². The molecule has 184 valence electrons. The molecule has 0 fully saturated rings. The highest BCUT2D eigenvalue weighted by Crippen LogP contribution is 2.33. The summed E-state index contributed by atoms with van der Waals surface area (Å²) in [6.45, 7) is 5.71. The Kier molecular flexibility index (Phi) is 7.10. The van der Waals surface area contributed by atoms with Crippen LogP contribution in [0.5, 0.6) is 11.6 Å². The van der Waals surface area contributed by atoms with Crippen molar-refractivity contribution < 1.29 is 22.7 Å². The summed E-state index contributed by atoms with van der Waals surface area (Å²) >= 11 is 6.00. The lowest BCUT2D eigenvalue weighted by molar-refractivity contribution is -0.114. The molecule has 0 atom stereocenters. The van der Waals surface area contributed by atoms with Crippen molar-refractivity contribution in [1.29, 1.82) is 0 Å². The summed E-state index contributed by atoms with van der Waals surface area (Å²) in [7, 11) is -4.40. The Morgan fingerprint density at radius 1 is 1.03 bits per heavy atom. The number of nitrogens with zero attached hydrogens (tertiary/aromatic N) is 1. The van der Waals surface area contributed by atoms with Gasteiger partial charge in [0.15, 0.2) is 5.78 Å². The van der Waals surface area contributed by atoms with Crippen molar-refractivity contribution >= 4 is 33.3 Å². The molecular weight excluding hydrogens is 500 g/mol. The van der Waals surface area contributed by atoms with Crippen molar-refractivity contribution in [3.63, 3.8) is 0 Å². The fourth-order valence-electron chi connectivity index (χ4n) is 3.89. The van der Waals surface area contributed by atoms with Crippen LogP contribution in [0.1, 0.15) is 33.5 Å². The number of pyridine rings is 1. The number of carbonyl (C=O) groups is 2. The Morgan fingerprint density at radius 2 is 1.69 bits per heavy atom. The fraction of sp³-hybridized carbons (Fsp3) is 0.148. The molecule has 1 aromatic heterocycles. The molecule has 0 saturated heterocycles. The summed E-state index contributed by atoms with van der Waals surface area (Å²) in [5.74, 6) is -1.13. The number of benzene rings is 2. The average molecular weight is 523 g/mol. The SMILES string of the molecule is Cc1cc(C)c(Oc2nc(-c3ccc(Cl)cc3)ccc2C(=O)NS(=O)(=O)C2=CC=CCC2=O)c(C)c1. The predicted molar refractivity (Wildman–Crippen MR) is 139 cm³/mol. The lowest BCUT2D eigenvalue weighted by Gasteiger charge is -2.16. The number of ketones is 1. The highest BCUT2D eigenvalue weighted by Gasteiger charge is 2.29. The summed E-state index contributed by atoms with van der Waals surface area (Å²) in [6, 6.07) is 13.9. The fourth-order valence-corrected chi connectivity index (χ4v) is 5.12. The number of amides is 1. The number of aromatic nitrogens is 1. The number of aryl methyl sites for hydroxylation is 3. The summed E-state index contributed by atoms with van der Waals surface area (Å²) in [6.07, 6.45) is 4.11. The third kappa shape index (κ3) is 5.40. The molecule has 0 aliphatic heterocycles. The van der Waals surface area contributed by atoms with Gasteiger partial charge in [-0.05, 0) is 62.2 Å². The van der Waals surface area contributed by atoms with E-state index in [1.807, 2.05) is 37.6 Å². The normalized spacial score (nSPS) is 13.3. The standard InChI is InChI=1S/C27H23ClN2O5S/c1-16-14-17(2)25(18(3)15-16)35-27-21(12-13-22(29-27)19-8-10-20(28)11-9-19)26(32)30-36(33,34)24-7-5-4-6-23(24)31/h4-5,7-15H,6H2,1-3H3,(H,30,32). The maximum atomic E-state index is 13.2. The molecule has 0 bridgehead atoms. The van der Waals surface area contributed by atoms with Gasteiger partial charge in [-0.1, -0.05) is 53.6 Å². The molecule has 0 spiro atoms. The number of carbonyl (C=O) groups excluding carboxylic acids is 2. The van der Waals surface area contributed by atoms with Gasteiger partial charge in [-0.25, -0.2) is 18.1 Å². The van der Waals surface area contributed by atoms with Gasteiger partial charge in [0.05, 0.1) is 5.69 Å². The van der Waals surface area contributed by atoms with Crippen LogP contribution < -0.4 is 9.46 Å². The molecule has 4 rings (SSSR count). The topological polar surface area (TPSA) is 102 Å².